The molecule has 1 rings (SSSR count). The summed E-state index contributed by atoms with van der Waals surface area (Å²) in [6, 6.07) is 1.93. The minimum absolute atomic E-state index is 0.0206. The number of carbonyl (C=O) groups is 1. The molecule has 0 saturated carbocycles. The Hall–Kier alpha value is -1.42. The van der Waals surface area contributed by atoms with Crippen LogP contribution in [0.1, 0.15) is 37.4 Å². The quantitative estimate of drug-likeness (QED) is 0.767. The summed E-state index contributed by atoms with van der Waals surface area (Å²) in [6.07, 6.45) is 3.91. The molecule has 0 aliphatic carbocycles. The van der Waals surface area contributed by atoms with E-state index in [-0.39, 0.29) is 12.0 Å². The molecule has 0 amide bonds. The van der Waals surface area contributed by atoms with Crippen LogP contribution in [0.5, 0.6) is 0 Å². The normalized spacial score (nSPS) is 12.2. The van der Waals surface area contributed by atoms with Crippen LogP contribution in [-0.4, -0.2) is 24.1 Å². The first kappa shape index (κ1) is 13.6. The van der Waals surface area contributed by atoms with Crippen LogP contribution in [0.3, 0.4) is 0 Å². The fourth-order valence-corrected chi connectivity index (χ4v) is 1.77. The highest BCUT2D eigenvalue weighted by atomic mass is 16.5. The first-order valence-electron chi connectivity index (χ1n) is 5.98. The summed E-state index contributed by atoms with van der Waals surface area (Å²) >= 11 is 0. The van der Waals surface area contributed by atoms with Crippen molar-refractivity contribution in [3.05, 3.63) is 29.6 Å². The highest BCUT2D eigenvalue weighted by Gasteiger charge is 2.17. The van der Waals surface area contributed by atoms with E-state index in [4.69, 9.17) is 4.74 Å². The van der Waals surface area contributed by atoms with Crippen LogP contribution >= 0.6 is 0 Å². The van der Waals surface area contributed by atoms with Gasteiger partial charge in [-0.15, -0.1) is 0 Å². The summed E-state index contributed by atoms with van der Waals surface area (Å²) in [5.74, 6) is -0.179. The third-order valence-electron chi connectivity index (χ3n) is 2.58. The zero-order valence-electron chi connectivity index (χ0n) is 10.7. The number of aryl methyl sites for hydroxylation is 1. The molecule has 4 heteroatoms. The number of hydrogen-bond acceptors (Lipinski definition) is 4. The van der Waals surface area contributed by atoms with E-state index in [1.807, 2.05) is 33.0 Å². The average molecular weight is 236 g/mol. The lowest BCUT2D eigenvalue weighted by Gasteiger charge is -2.18. The van der Waals surface area contributed by atoms with Crippen LogP contribution in [0.4, 0.5) is 0 Å². The maximum atomic E-state index is 11.5. The predicted molar refractivity (Wildman–Crippen MR) is 66.6 cm³/mol. The van der Waals surface area contributed by atoms with Gasteiger partial charge >= 0.3 is 5.97 Å². The number of rotatable bonds is 6. The van der Waals surface area contributed by atoms with Gasteiger partial charge in [-0.05, 0) is 37.6 Å². The van der Waals surface area contributed by atoms with Crippen molar-refractivity contribution in [3.8, 4) is 0 Å². The van der Waals surface area contributed by atoms with Gasteiger partial charge in [0.2, 0.25) is 0 Å². The molecule has 1 atom stereocenters. The Morgan fingerprint density at radius 3 is 2.88 bits per heavy atom. The Kier molecular flexibility index (Phi) is 5.63. The van der Waals surface area contributed by atoms with E-state index in [9.17, 15) is 4.79 Å². The fourth-order valence-electron chi connectivity index (χ4n) is 1.77. The fraction of sp³-hybridized carbons (Fsp3) is 0.538. The Morgan fingerprint density at radius 2 is 2.29 bits per heavy atom. The monoisotopic (exact) mass is 236 g/mol. The summed E-state index contributed by atoms with van der Waals surface area (Å²) in [5, 5.41) is 3.29. The van der Waals surface area contributed by atoms with Crippen molar-refractivity contribution in [2.75, 3.05) is 13.2 Å². The summed E-state index contributed by atoms with van der Waals surface area (Å²) in [6.45, 7) is 7.08. The lowest BCUT2D eigenvalue weighted by atomic mass is 10.0. The van der Waals surface area contributed by atoms with Crippen molar-refractivity contribution in [1.82, 2.24) is 10.3 Å². The number of carbonyl (C=O) groups excluding carboxylic acids is 1. The molecule has 1 unspecified atom stereocenters. The third kappa shape index (κ3) is 4.15. The topological polar surface area (TPSA) is 51.2 Å². The minimum Gasteiger partial charge on any atom is -0.466 e. The summed E-state index contributed by atoms with van der Waals surface area (Å²) < 4.78 is 4.98. The molecule has 0 fully saturated rings. The maximum Gasteiger partial charge on any atom is 0.307 e. The van der Waals surface area contributed by atoms with Crippen molar-refractivity contribution in [1.29, 1.82) is 0 Å². The molecule has 0 aromatic carbocycles. The Balaban J connectivity index is 2.78. The van der Waals surface area contributed by atoms with Crippen molar-refractivity contribution in [2.45, 2.75) is 33.2 Å². The van der Waals surface area contributed by atoms with Gasteiger partial charge in [0.1, 0.15) is 0 Å². The molecule has 0 aliphatic rings. The summed E-state index contributed by atoms with van der Waals surface area (Å²) in [7, 11) is 0. The van der Waals surface area contributed by atoms with Gasteiger partial charge in [0.15, 0.2) is 0 Å². The highest BCUT2D eigenvalue weighted by molar-refractivity contribution is 5.70. The third-order valence-corrected chi connectivity index (χ3v) is 2.58. The number of pyridine rings is 1. The lowest BCUT2D eigenvalue weighted by Crippen LogP contribution is -2.25. The van der Waals surface area contributed by atoms with Crippen LogP contribution in [-0.2, 0) is 9.53 Å². The first-order chi connectivity index (χ1) is 8.19. The van der Waals surface area contributed by atoms with E-state index in [0.29, 0.717) is 13.0 Å². The molecular weight excluding hydrogens is 216 g/mol. The molecule has 0 saturated heterocycles. The molecule has 0 bridgehead atoms. The number of ether oxygens (including phenoxy) is 1. The SMILES string of the molecule is CCNC(CC(=O)OCC)c1cnccc1C. The molecule has 1 aromatic heterocycles. The van der Waals surface area contributed by atoms with Crippen LogP contribution in [0.2, 0.25) is 0 Å². The van der Waals surface area contributed by atoms with Gasteiger partial charge in [-0.25, -0.2) is 0 Å². The molecule has 1 aromatic rings. The van der Waals surface area contributed by atoms with Gasteiger partial charge < -0.3 is 10.1 Å². The number of nitrogens with one attached hydrogen (secondary N) is 1. The number of aromatic nitrogens is 1. The van der Waals surface area contributed by atoms with Crippen molar-refractivity contribution in [2.24, 2.45) is 0 Å². The van der Waals surface area contributed by atoms with Gasteiger partial charge in [-0.2, -0.15) is 0 Å². The first-order valence-corrected chi connectivity index (χ1v) is 5.98. The number of esters is 1. The second-order valence-corrected chi connectivity index (χ2v) is 3.85. The van der Waals surface area contributed by atoms with Gasteiger partial charge in [-0.1, -0.05) is 6.92 Å². The number of hydrogen-bond donors (Lipinski definition) is 1. The molecule has 4 nitrogen and oxygen atoms in total. The molecular formula is C13H20N2O2. The molecule has 0 aliphatic heterocycles. The largest absolute Gasteiger partial charge is 0.466 e. The van der Waals surface area contributed by atoms with Gasteiger partial charge in [0, 0.05) is 18.4 Å². The highest BCUT2D eigenvalue weighted by Crippen LogP contribution is 2.19. The summed E-state index contributed by atoms with van der Waals surface area (Å²) in [4.78, 5) is 15.6. The van der Waals surface area contributed by atoms with Crippen LogP contribution in [0.15, 0.2) is 18.5 Å². The molecule has 0 spiro atoms. The average Bonchev–Trinajstić information content (AvgIpc) is 2.29. The molecule has 94 valence electrons. The van der Waals surface area contributed by atoms with Crippen LogP contribution < -0.4 is 5.32 Å². The predicted octanol–water partition coefficient (Wildman–Crippen LogP) is 1.99. The van der Waals surface area contributed by atoms with E-state index in [1.165, 1.54) is 0 Å². The Bertz CT molecular complexity index is 366. The van der Waals surface area contributed by atoms with Gasteiger partial charge in [0.05, 0.1) is 13.0 Å². The van der Waals surface area contributed by atoms with E-state index >= 15 is 0 Å². The van der Waals surface area contributed by atoms with Gasteiger partial charge in [-0.3, -0.25) is 9.78 Å². The summed E-state index contributed by atoms with van der Waals surface area (Å²) in [5.41, 5.74) is 2.19. The van der Waals surface area contributed by atoms with E-state index in [1.54, 1.807) is 6.20 Å². The van der Waals surface area contributed by atoms with E-state index < -0.39 is 0 Å². The maximum absolute atomic E-state index is 11.5. The molecule has 1 heterocycles. The smallest absolute Gasteiger partial charge is 0.307 e. The Labute approximate surface area is 102 Å². The molecule has 1 N–H and O–H groups in total. The lowest BCUT2D eigenvalue weighted by molar-refractivity contribution is -0.143. The van der Waals surface area contributed by atoms with Crippen LogP contribution in [0.25, 0.3) is 0 Å². The molecule has 0 radical (unpaired) electrons. The zero-order chi connectivity index (χ0) is 12.7. The second-order valence-electron chi connectivity index (χ2n) is 3.85. The van der Waals surface area contributed by atoms with Crippen molar-refractivity contribution >= 4 is 5.97 Å². The number of nitrogens with zero attached hydrogens (tertiary/aromatic N) is 1. The van der Waals surface area contributed by atoms with E-state index in [0.717, 1.165) is 17.7 Å². The van der Waals surface area contributed by atoms with Crippen molar-refractivity contribution < 1.29 is 9.53 Å². The van der Waals surface area contributed by atoms with Crippen LogP contribution in [0, 0.1) is 6.92 Å². The standard InChI is InChI=1S/C13H20N2O2/c1-4-15-12(8-13(16)17-5-2)11-9-14-7-6-10(11)3/h6-7,9,12,15H,4-5,8H2,1-3H3. The van der Waals surface area contributed by atoms with Crippen molar-refractivity contribution in [3.63, 3.8) is 0 Å². The van der Waals surface area contributed by atoms with Gasteiger partial charge in [0.25, 0.3) is 0 Å². The zero-order valence-corrected chi connectivity index (χ0v) is 10.7. The van der Waals surface area contributed by atoms with E-state index in [2.05, 4.69) is 10.3 Å². The molecule has 17 heavy (non-hydrogen) atoms. The Morgan fingerprint density at radius 1 is 1.53 bits per heavy atom. The second kappa shape index (κ2) is 7.01. The minimum atomic E-state index is -0.179.